The van der Waals surface area contributed by atoms with Crippen molar-refractivity contribution >= 4 is 44.0 Å². The van der Waals surface area contributed by atoms with Gasteiger partial charge in [-0.25, -0.2) is 0 Å². The third kappa shape index (κ3) is 6.55. The van der Waals surface area contributed by atoms with Crippen LogP contribution in [-0.4, -0.2) is 0 Å². The molecule has 2 heterocycles. The molecule has 0 fully saturated rings. The fraction of sp³-hybridized carbons (Fsp3) is 0.184. The highest BCUT2D eigenvalue weighted by atomic mass is 16.3. The second kappa shape index (κ2) is 14.7. The molecule has 5 aromatic carbocycles. The lowest BCUT2D eigenvalue weighted by Gasteiger charge is -2.27. The Balaban J connectivity index is 0.000000761. The first-order chi connectivity index (χ1) is 24.9. The van der Waals surface area contributed by atoms with E-state index < -0.39 is 0 Å². The molecule has 0 amide bonds. The number of hydrogen-bond donors (Lipinski definition) is 1. The minimum atomic E-state index is 0.363. The summed E-state index contributed by atoms with van der Waals surface area (Å²) in [5.41, 5.74) is 14.2. The molecule has 1 aliphatic heterocycles. The zero-order chi connectivity index (χ0) is 35.5. The number of rotatable bonds is 6. The predicted molar refractivity (Wildman–Crippen MR) is 222 cm³/mol. The SMILES string of the molecule is C=C/C=C\C.CCCC(C)c1c2cccc1-c1ccc3c(oc4ccc(-c5ccc6ccccc6c5)cc43)c1N/C(C)=C2/C=C1/C=CC=CC1C. The first-order valence-electron chi connectivity index (χ1n) is 18.3. The Morgan fingerprint density at radius 3 is 2.39 bits per heavy atom. The van der Waals surface area contributed by atoms with Crippen LogP contribution in [0.2, 0.25) is 0 Å². The molecular weight excluding hydrogens is 619 g/mol. The van der Waals surface area contributed by atoms with Crippen molar-refractivity contribution in [2.75, 3.05) is 5.32 Å². The van der Waals surface area contributed by atoms with E-state index in [1.54, 1.807) is 6.08 Å². The van der Waals surface area contributed by atoms with Crippen LogP contribution < -0.4 is 5.32 Å². The van der Waals surface area contributed by atoms with Gasteiger partial charge in [0.1, 0.15) is 5.58 Å². The van der Waals surface area contributed by atoms with Crippen molar-refractivity contribution in [3.63, 3.8) is 0 Å². The van der Waals surface area contributed by atoms with E-state index >= 15 is 0 Å². The van der Waals surface area contributed by atoms with E-state index in [0.717, 1.165) is 46.2 Å². The van der Waals surface area contributed by atoms with Gasteiger partial charge in [0.15, 0.2) is 5.58 Å². The molecular formula is C49H47NO. The fourth-order valence-electron chi connectivity index (χ4n) is 7.67. The third-order valence-electron chi connectivity index (χ3n) is 10.3. The summed E-state index contributed by atoms with van der Waals surface area (Å²) in [6.07, 6.45) is 19.1. The molecule has 2 unspecified atom stereocenters. The van der Waals surface area contributed by atoms with Crippen molar-refractivity contribution in [1.29, 1.82) is 0 Å². The summed E-state index contributed by atoms with van der Waals surface area (Å²) in [7, 11) is 0. The minimum Gasteiger partial charge on any atom is -0.454 e. The Bertz CT molecular complexity index is 2420. The van der Waals surface area contributed by atoms with Gasteiger partial charge in [0.05, 0.1) is 5.69 Å². The molecule has 1 aliphatic carbocycles. The smallest absolute Gasteiger partial charge is 0.159 e. The Morgan fingerprint density at radius 2 is 1.63 bits per heavy atom. The van der Waals surface area contributed by atoms with E-state index in [2.05, 4.69) is 161 Å². The molecule has 2 aliphatic rings. The lowest BCUT2D eigenvalue weighted by Crippen LogP contribution is -2.10. The van der Waals surface area contributed by atoms with Gasteiger partial charge in [0, 0.05) is 27.6 Å². The Labute approximate surface area is 302 Å². The lowest BCUT2D eigenvalue weighted by atomic mass is 9.80. The van der Waals surface area contributed by atoms with Crippen LogP contribution in [0.1, 0.15) is 64.5 Å². The van der Waals surface area contributed by atoms with Gasteiger partial charge in [-0.2, -0.15) is 0 Å². The number of nitrogens with one attached hydrogen (secondary N) is 1. The molecule has 254 valence electrons. The zero-order valence-corrected chi connectivity index (χ0v) is 30.5. The van der Waals surface area contributed by atoms with Crippen molar-refractivity contribution in [2.45, 2.75) is 53.4 Å². The van der Waals surface area contributed by atoms with Crippen LogP contribution in [0.4, 0.5) is 5.69 Å². The summed E-state index contributed by atoms with van der Waals surface area (Å²) in [5.74, 6) is 0.778. The maximum atomic E-state index is 6.76. The van der Waals surface area contributed by atoms with Gasteiger partial charge in [-0.15, -0.1) is 0 Å². The lowest BCUT2D eigenvalue weighted by molar-refractivity contribution is 0.664. The number of anilines is 1. The molecule has 0 radical (unpaired) electrons. The highest BCUT2D eigenvalue weighted by Crippen LogP contribution is 2.47. The second-order valence-corrected chi connectivity index (χ2v) is 13.8. The molecule has 1 N–H and O–H groups in total. The van der Waals surface area contributed by atoms with E-state index in [9.17, 15) is 0 Å². The van der Waals surface area contributed by atoms with Crippen molar-refractivity contribution in [3.8, 4) is 22.3 Å². The molecule has 51 heavy (non-hydrogen) atoms. The van der Waals surface area contributed by atoms with Crippen molar-refractivity contribution in [3.05, 3.63) is 169 Å². The highest BCUT2D eigenvalue weighted by Gasteiger charge is 2.26. The van der Waals surface area contributed by atoms with Crippen LogP contribution in [-0.2, 0) is 0 Å². The average molecular weight is 666 g/mol. The van der Waals surface area contributed by atoms with Crippen LogP contribution in [0.25, 0.3) is 60.5 Å². The van der Waals surface area contributed by atoms with E-state index in [0.29, 0.717) is 11.8 Å². The normalized spacial score (nSPS) is 18.0. The quantitative estimate of drug-likeness (QED) is 0.179. The van der Waals surface area contributed by atoms with Crippen molar-refractivity contribution in [1.82, 2.24) is 0 Å². The summed E-state index contributed by atoms with van der Waals surface area (Å²) in [4.78, 5) is 0. The second-order valence-electron chi connectivity index (χ2n) is 13.8. The molecule has 0 spiro atoms. The van der Waals surface area contributed by atoms with E-state index in [4.69, 9.17) is 4.42 Å². The molecule has 2 bridgehead atoms. The van der Waals surface area contributed by atoms with Gasteiger partial charge >= 0.3 is 0 Å². The molecule has 8 rings (SSSR count). The molecule has 1 aromatic heterocycles. The van der Waals surface area contributed by atoms with E-state index in [-0.39, 0.29) is 0 Å². The van der Waals surface area contributed by atoms with Crippen molar-refractivity contribution in [2.24, 2.45) is 5.92 Å². The Hall–Kier alpha value is -5.60. The topological polar surface area (TPSA) is 25.2 Å². The van der Waals surface area contributed by atoms with Crippen LogP contribution in [0.15, 0.2) is 162 Å². The summed E-state index contributed by atoms with van der Waals surface area (Å²) < 4.78 is 6.76. The average Bonchev–Trinajstić information content (AvgIpc) is 3.53. The summed E-state index contributed by atoms with van der Waals surface area (Å²) in [6, 6.07) is 33.3. The number of benzene rings is 5. The highest BCUT2D eigenvalue weighted by molar-refractivity contribution is 6.13. The standard InChI is InChI=1S/C44H39NO.C5H8/c1-5-11-28(3)42-35-16-10-17-36(42)39(25-31-14-7-6-12-27(31)2)29(4)45-43-37(35)21-22-38-40-26-34(20-23-41(40)46-44(38)43)33-19-18-30-13-8-9-15-32(30)24-33;1-3-5-4-2/h6-10,12-28,45H,5,11H2,1-4H3;3-5H,1H2,2H3/b31-25-,39-29-;5-4-. The monoisotopic (exact) mass is 665 g/mol. The minimum absolute atomic E-state index is 0.363. The third-order valence-corrected chi connectivity index (χ3v) is 10.3. The number of hydrogen-bond acceptors (Lipinski definition) is 2. The zero-order valence-electron chi connectivity index (χ0n) is 30.5. The van der Waals surface area contributed by atoms with E-state index in [1.165, 1.54) is 55.3 Å². The molecule has 0 saturated heterocycles. The maximum Gasteiger partial charge on any atom is 0.159 e. The first kappa shape index (κ1) is 33.9. The van der Waals surface area contributed by atoms with Crippen LogP contribution in [0.3, 0.4) is 0 Å². The van der Waals surface area contributed by atoms with Crippen LogP contribution in [0.5, 0.6) is 0 Å². The van der Waals surface area contributed by atoms with Crippen LogP contribution in [0, 0.1) is 5.92 Å². The predicted octanol–water partition coefficient (Wildman–Crippen LogP) is 14.6. The molecule has 2 heteroatoms. The number of allylic oxidation sites excluding steroid dienone is 11. The molecule has 6 aromatic rings. The van der Waals surface area contributed by atoms with Crippen molar-refractivity contribution < 1.29 is 4.42 Å². The molecule has 2 atom stereocenters. The van der Waals surface area contributed by atoms with Gasteiger partial charge in [0.25, 0.3) is 0 Å². The maximum absolute atomic E-state index is 6.76. The van der Waals surface area contributed by atoms with Gasteiger partial charge in [0.2, 0.25) is 0 Å². The van der Waals surface area contributed by atoms with Gasteiger partial charge in [-0.1, -0.05) is 143 Å². The van der Waals surface area contributed by atoms with Gasteiger partial charge < -0.3 is 9.73 Å². The molecule has 0 saturated carbocycles. The Morgan fingerprint density at radius 1 is 0.843 bits per heavy atom. The number of fused-ring (bicyclic) bond motifs is 9. The summed E-state index contributed by atoms with van der Waals surface area (Å²) >= 11 is 0. The van der Waals surface area contributed by atoms with E-state index in [1.807, 2.05) is 19.1 Å². The fourth-order valence-corrected chi connectivity index (χ4v) is 7.67. The molecule has 2 nitrogen and oxygen atoms in total. The Kier molecular flexibility index (Phi) is 9.77. The largest absolute Gasteiger partial charge is 0.454 e. The number of furan rings is 1. The van der Waals surface area contributed by atoms with Gasteiger partial charge in [-0.05, 0) is 107 Å². The summed E-state index contributed by atoms with van der Waals surface area (Å²) in [5, 5.41) is 8.67. The first-order valence-corrected chi connectivity index (χ1v) is 18.3. The summed E-state index contributed by atoms with van der Waals surface area (Å²) in [6.45, 7) is 14.6. The van der Waals surface area contributed by atoms with Crippen LogP contribution >= 0.6 is 0 Å². The van der Waals surface area contributed by atoms with Gasteiger partial charge in [-0.3, -0.25) is 0 Å².